The number of benzene rings is 2. The van der Waals surface area contributed by atoms with Gasteiger partial charge in [0.1, 0.15) is 74.6 Å². The van der Waals surface area contributed by atoms with E-state index >= 15 is 0 Å². The number of rotatable bonds is 36. The number of carbonyl (C=O) groups excluding carboxylic acids is 2. The fourth-order valence-corrected chi connectivity index (χ4v) is 9.92. The van der Waals surface area contributed by atoms with Crippen LogP contribution in [0.25, 0.3) is 0 Å². The van der Waals surface area contributed by atoms with E-state index in [1.807, 2.05) is 65.6 Å². The number of unbranched alkanes of at least 4 members (excludes halogenated alkanes) is 4. The standard InChI is InChI=1S/C57H90N2O14/c1-11-15-31-57(41-55(9,10)59(14-4)73-43(6)45-24-28-47(29-25-45)63-33-49-35-65-49)69-39-51(71-57)37-67-53(61)21-19-17-16-18-20-52(60)66-36-50-38-68-56(70-50,30-12-2)40-54(7,8)58(13-3)72-42(5)44-22-26-46(27-23-44)62-32-48-34-64-48/h22-29,42-43,48-51H,11-21,30-41H2,1-10H3. The number of carbonyl (C=O) groups is 2. The Morgan fingerprint density at radius 2 is 0.973 bits per heavy atom. The van der Waals surface area contributed by atoms with E-state index in [1.54, 1.807) is 0 Å². The molecule has 0 spiro atoms. The molecule has 8 unspecified atom stereocenters. The highest BCUT2D eigenvalue weighted by Gasteiger charge is 2.49. The maximum atomic E-state index is 12.8. The van der Waals surface area contributed by atoms with Crippen molar-refractivity contribution in [2.24, 2.45) is 0 Å². The van der Waals surface area contributed by atoms with Crippen LogP contribution in [-0.2, 0) is 57.2 Å². The van der Waals surface area contributed by atoms with Crippen molar-refractivity contribution in [1.29, 1.82) is 0 Å². The Balaban J connectivity index is 0.844. The van der Waals surface area contributed by atoms with Gasteiger partial charge in [-0.05, 0) is 96.2 Å². The van der Waals surface area contributed by atoms with Crippen LogP contribution in [0, 0.1) is 0 Å². The third-order valence-electron chi connectivity index (χ3n) is 14.0. The molecule has 4 fully saturated rings. The van der Waals surface area contributed by atoms with Gasteiger partial charge in [0.2, 0.25) is 0 Å². The Bertz CT molecular complexity index is 1940. The minimum absolute atomic E-state index is 0.136. The van der Waals surface area contributed by atoms with Crippen molar-refractivity contribution >= 4 is 11.9 Å². The second kappa shape index (κ2) is 28.1. The minimum atomic E-state index is -0.821. The SMILES string of the molecule is CCCCC1(CC(C)(C)N(CC)OC(C)c2ccc(OCC3CO3)cc2)OCC(COC(=O)CCCCCCC(=O)OCC2COC(CCC)(CC(C)(C)N(CC)OC(C)c3ccc(OCC4CO4)cc3)O2)O1. The van der Waals surface area contributed by atoms with Crippen molar-refractivity contribution in [3.63, 3.8) is 0 Å². The van der Waals surface area contributed by atoms with Crippen LogP contribution in [-0.4, -0.2) is 135 Å². The molecule has 16 nitrogen and oxygen atoms in total. The summed E-state index contributed by atoms with van der Waals surface area (Å²) in [6.07, 6.45) is 8.28. The Labute approximate surface area is 436 Å². The Kier molecular flexibility index (Phi) is 22.6. The first-order valence-electron chi connectivity index (χ1n) is 27.5. The third-order valence-corrected chi connectivity index (χ3v) is 14.0. The predicted octanol–water partition coefficient (Wildman–Crippen LogP) is 10.5. The van der Waals surface area contributed by atoms with Gasteiger partial charge in [-0.15, -0.1) is 0 Å². The summed E-state index contributed by atoms with van der Waals surface area (Å²) < 4.78 is 59.6. The zero-order chi connectivity index (χ0) is 52.5. The van der Waals surface area contributed by atoms with Crippen molar-refractivity contribution in [2.45, 2.75) is 212 Å². The Morgan fingerprint density at radius 3 is 1.34 bits per heavy atom. The molecule has 412 valence electrons. The smallest absolute Gasteiger partial charge is 0.305 e. The first-order chi connectivity index (χ1) is 35.0. The van der Waals surface area contributed by atoms with Crippen LogP contribution in [0.15, 0.2) is 48.5 Å². The molecule has 0 aliphatic carbocycles. The molecule has 2 aromatic carbocycles. The van der Waals surface area contributed by atoms with Crippen LogP contribution in [0.1, 0.15) is 176 Å². The molecular weight excluding hydrogens is 937 g/mol. The lowest BCUT2D eigenvalue weighted by Gasteiger charge is -2.43. The molecule has 2 aromatic rings. The molecular formula is C57H90N2O14. The summed E-state index contributed by atoms with van der Waals surface area (Å²) in [5, 5.41) is 4.03. The van der Waals surface area contributed by atoms with Crippen LogP contribution in [0.5, 0.6) is 11.5 Å². The number of esters is 2. The molecule has 0 amide bonds. The lowest BCUT2D eigenvalue weighted by molar-refractivity contribution is -0.272. The van der Waals surface area contributed by atoms with Crippen molar-refractivity contribution in [1.82, 2.24) is 10.1 Å². The molecule has 16 heteroatoms. The highest BCUT2D eigenvalue weighted by Crippen LogP contribution is 2.41. The Hall–Kier alpha value is -3.42. The summed E-state index contributed by atoms with van der Waals surface area (Å²) in [6.45, 7) is 26.1. The van der Waals surface area contributed by atoms with Gasteiger partial charge in [-0.2, -0.15) is 10.1 Å². The van der Waals surface area contributed by atoms with Gasteiger partial charge >= 0.3 is 11.9 Å². The van der Waals surface area contributed by atoms with Crippen molar-refractivity contribution < 1.29 is 66.6 Å². The van der Waals surface area contributed by atoms with Gasteiger partial charge in [-0.25, -0.2) is 0 Å². The van der Waals surface area contributed by atoms with E-state index in [-0.39, 0.29) is 61.8 Å². The lowest BCUT2D eigenvalue weighted by Crippen LogP contribution is -2.50. The van der Waals surface area contributed by atoms with Gasteiger partial charge in [0, 0.05) is 62.7 Å². The Morgan fingerprint density at radius 1 is 0.562 bits per heavy atom. The summed E-state index contributed by atoms with van der Waals surface area (Å²) >= 11 is 0. The van der Waals surface area contributed by atoms with Crippen molar-refractivity contribution in [2.75, 3.05) is 65.9 Å². The van der Waals surface area contributed by atoms with Crippen molar-refractivity contribution in [3.05, 3.63) is 59.7 Å². The van der Waals surface area contributed by atoms with E-state index < -0.39 is 22.7 Å². The van der Waals surface area contributed by atoms with Crippen LogP contribution < -0.4 is 9.47 Å². The molecule has 73 heavy (non-hydrogen) atoms. The number of hydrogen-bond acceptors (Lipinski definition) is 16. The first kappa shape index (κ1) is 58.8. The highest BCUT2D eigenvalue weighted by atomic mass is 16.8. The van der Waals surface area contributed by atoms with Gasteiger partial charge in [-0.3, -0.25) is 19.3 Å². The fourth-order valence-electron chi connectivity index (χ4n) is 9.92. The molecule has 4 heterocycles. The first-order valence-corrected chi connectivity index (χ1v) is 27.5. The predicted molar refractivity (Wildman–Crippen MR) is 276 cm³/mol. The van der Waals surface area contributed by atoms with Crippen LogP contribution in [0.3, 0.4) is 0 Å². The van der Waals surface area contributed by atoms with E-state index in [1.165, 1.54) is 0 Å². The summed E-state index contributed by atoms with van der Waals surface area (Å²) in [5.74, 6) is -0.534. The fraction of sp³-hybridized carbons (Fsp3) is 0.754. The van der Waals surface area contributed by atoms with Crippen LogP contribution >= 0.6 is 0 Å². The van der Waals surface area contributed by atoms with E-state index in [0.717, 1.165) is 74.4 Å². The zero-order valence-corrected chi connectivity index (χ0v) is 46.0. The molecule has 0 bridgehead atoms. The van der Waals surface area contributed by atoms with Gasteiger partial charge in [-0.1, -0.05) is 77.6 Å². The number of hydrogen-bond donors (Lipinski definition) is 0. The molecule has 4 aliphatic rings. The third kappa shape index (κ3) is 19.0. The topological polar surface area (TPSA) is 158 Å². The number of ether oxygens (including phenoxy) is 10. The second-order valence-electron chi connectivity index (χ2n) is 21.6. The summed E-state index contributed by atoms with van der Waals surface area (Å²) in [4.78, 5) is 38.8. The molecule has 4 saturated heterocycles. The van der Waals surface area contributed by atoms with Gasteiger partial charge < -0.3 is 47.4 Å². The summed E-state index contributed by atoms with van der Waals surface area (Å²) in [5.41, 5.74) is 1.23. The lowest BCUT2D eigenvalue weighted by atomic mass is 9.90. The summed E-state index contributed by atoms with van der Waals surface area (Å²) in [6, 6.07) is 16.0. The molecule has 0 saturated carbocycles. The van der Waals surface area contributed by atoms with Gasteiger partial charge in [0.25, 0.3) is 0 Å². The molecule has 0 N–H and O–H groups in total. The molecule has 6 rings (SSSR count). The van der Waals surface area contributed by atoms with Crippen LogP contribution in [0.4, 0.5) is 0 Å². The maximum Gasteiger partial charge on any atom is 0.305 e. The minimum Gasteiger partial charge on any atom is -0.491 e. The number of hydroxylamine groups is 4. The maximum absolute atomic E-state index is 12.8. The van der Waals surface area contributed by atoms with Crippen LogP contribution in [0.2, 0.25) is 0 Å². The van der Waals surface area contributed by atoms with Gasteiger partial charge in [0.05, 0.1) is 26.4 Å². The van der Waals surface area contributed by atoms with E-state index in [9.17, 15) is 9.59 Å². The molecule has 8 atom stereocenters. The number of epoxide rings is 2. The summed E-state index contributed by atoms with van der Waals surface area (Å²) in [7, 11) is 0. The van der Waals surface area contributed by atoms with E-state index in [0.29, 0.717) is 84.5 Å². The average molecular weight is 1030 g/mol. The van der Waals surface area contributed by atoms with E-state index in [2.05, 4.69) is 62.3 Å². The normalized spacial score (nSPS) is 24.7. The van der Waals surface area contributed by atoms with Gasteiger partial charge in [0.15, 0.2) is 11.6 Å². The zero-order valence-electron chi connectivity index (χ0n) is 46.0. The largest absolute Gasteiger partial charge is 0.491 e. The molecule has 0 aromatic heterocycles. The second-order valence-corrected chi connectivity index (χ2v) is 21.6. The average Bonchev–Trinajstić information content (AvgIpc) is 4.31. The quantitative estimate of drug-likeness (QED) is 0.0274. The molecule has 4 aliphatic heterocycles. The van der Waals surface area contributed by atoms with E-state index in [4.69, 9.17) is 57.0 Å². The monoisotopic (exact) mass is 1030 g/mol. The number of nitrogens with zero attached hydrogens (tertiary/aromatic N) is 2. The molecule has 0 radical (unpaired) electrons. The highest BCUT2D eigenvalue weighted by molar-refractivity contribution is 5.69. The van der Waals surface area contributed by atoms with Crippen molar-refractivity contribution in [3.8, 4) is 11.5 Å².